The van der Waals surface area contributed by atoms with Gasteiger partial charge in [0.2, 0.25) is 5.91 Å². The summed E-state index contributed by atoms with van der Waals surface area (Å²) in [6.07, 6.45) is 48.1. The fourth-order valence-electron chi connectivity index (χ4n) is 9.81. The molecule has 11 nitrogen and oxygen atoms in total. The lowest BCUT2D eigenvalue weighted by atomic mass is 9.98. The fourth-order valence-corrected chi connectivity index (χ4v) is 9.81. The minimum atomic E-state index is -1.67. The molecule has 1 saturated heterocycles. The second kappa shape index (κ2) is 49.5. The van der Waals surface area contributed by atoms with E-state index >= 15 is 0 Å². The number of amides is 1. The second-order valence-electron chi connectivity index (χ2n) is 21.4. The maximum Gasteiger partial charge on any atom is 0.249 e. The van der Waals surface area contributed by atoms with Crippen molar-refractivity contribution in [2.24, 2.45) is 0 Å². The molecule has 0 aromatic carbocycles. The van der Waals surface area contributed by atoms with Crippen molar-refractivity contribution in [3.63, 3.8) is 0 Å². The Labute approximate surface area is 435 Å². The van der Waals surface area contributed by atoms with Crippen LogP contribution in [0.2, 0.25) is 0 Å². The number of carbonyl (C=O) groups is 1. The highest BCUT2D eigenvalue weighted by Gasteiger charge is 2.44. The highest BCUT2D eigenvalue weighted by Crippen LogP contribution is 2.23. The minimum absolute atomic E-state index is 0.249. The molecule has 0 bridgehead atoms. The van der Waals surface area contributed by atoms with E-state index in [2.05, 4.69) is 43.5 Å². The van der Waals surface area contributed by atoms with Gasteiger partial charge in [0.05, 0.1) is 25.4 Å². The van der Waals surface area contributed by atoms with Crippen LogP contribution in [0.1, 0.15) is 284 Å². The van der Waals surface area contributed by atoms with Gasteiger partial charge in [-0.1, -0.05) is 256 Å². The van der Waals surface area contributed by atoms with Gasteiger partial charge >= 0.3 is 0 Å². The molecule has 9 unspecified atom stereocenters. The van der Waals surface area contributed by atoms with Gasteiger partial charge in [0.1, 0.15) is 36.6 Å². The molecule has 1 heterocycles. The van der Waals surface area contributed by atoms with E-state index in [4.69, 9.17) is 9.47 Å². The molecule has 1 aliphatic heterocycles. The summed E-state index contributed by atoms with van der Waals surface area (Å²) in [6.45, 7) is 3.47. The zero-order chi connectivity index (χ0) is 51.8. The van der Waals surface area contributed by atoms with Gasteiger partial charge < -0.3 is 50.5 Å². The Bertz CT molecular complexity index is 1200. The Morgan fingerprint density at radius 1 is 0.479 bits per heavy atom. The highest BCUT2D eigenvalue weighted by molar-refractivity contribution is 5.80. The Hall–Kier alpha value is -1.41. The number of aliphatic hydroxyl groups excluding tert-OH is 7. The standard InChI is InChI=1S/C60H115NO10/c1-3-5-7-9-11-13-15-17-19-21-23-25-27-29-31-33-35-37-39-41-43-45-47-52(63)55(65)51(50-70-60-58(68)57(67)56(66)54(49-62)71-60)61-59(69)53(64)48-46-44-42-40-38-36-34-32-30-28-26-24-22-20-18-16-14-12-10-8-6-4-2/h31,33,39,41,51-58,60,62-68H,3-30,32,34-38,40,42-50H2,1-2H3,(H,61,69)/b33-31+,41-39+. The Kier molecular flexibility index (Phi) is 47.1. The van der Waals surface area contributed by atoms with Gasteiger partial charge in [0, 0.05) is 0 Å². The maximum absolute atomic E-state index is 13.2. The average molecular weight is 1010 g/mol. The van der Waals surface area contributed by atoms with Crippen molar-refractivity contribution in [1.82, 2.24) is 5.32 Å². The molecule has 1 rings (SSSR count). The summed E-state index contributed by atoms with van der Waals surface area (Å²) in [4.78, 5) is 13.2. The number of carbonyl (C=O) groups excluding carboxylic acids is 1. The molecule has 420 valence electrons. The number of rotatable bonds is 52. The van der Waals surface area contributed by atoms with Crippen LogP contribution in [-0.4, -0.2) is 110 Å². The summed E-state index contributed by atoms with van der Waals surface area (Å²) < 4.78 is 11.1. The van der Waals surface area contributed by atoms with Crippen LogP contribution >= 0.6 is 0 Å². The molecule has 0 aromatic heterocycles. The van der Waals surface area contributed by atoms with E-state index in [1.807, 2.05) is 0 Å². The number of hydrogen-bond acceptors (Lipinski definition) is 10. The van der Waals surface area contributed by atoms with Crippen LogP contribution in [0.25, 0.3) is 0 Å². The highest BCUT2D eigenvalue weighted by atomic mass is 16.7. The molecule has 9 atom stereocenters. The first kappa shape index (κ1) is 67.6. The van der Waals surface area contributed by atoms with Gasteiger partial charge in [-0.25, -0.2) is 0 Å². The van der Waals surface area contributed by atoms with Crippen LogP contribution in [-0.2, 0) is 14.3 Å². The lowest BCUT2D eigenvalue weighted by Gasteiger charge is -2.40. The van der Waals surface area contributed by atoms with E-state index in [9.17, 15) is 40.5 Å². The smallest absolute Gasteiger partial charge is 0.249 e. The third-order valence-electron chi connectivity index (χ3n) is 14.7. The van der Waals surface area contributed by atoms with Gasteiger partial charge in [0.15, 0.2) is 6.29 Å². The normalized spacial score (nSPS) is 20.3. The largest absolute Gasteiger partial charge is 0.394 e. The number of unbranched alkanes of at least 4 members (excludes halogenated alkanes) is 36. The minimum Gasteiger partial charge on any atom is -0.394 e. The van der Waals surface area contributed by atoms with E-state index in [-0.39, 0.29) is 12.8 Å². The molecule has 0 aromatic rings. The van der Waals surface area contributed by atoms with Crippen LogP contribution in [0.3, 0.4) is 0 Å². The first-order valence-electron chi connectivity index (χ1n) is 30.2. The quantitative estimate of drug-likeness (QED) is 0.0215. The predicted octanol–water partition coefficient (Wildman–Crippen LogP) is 12.9. The Morgan fingerprint density at radius 3 is 1.25 bits per heavy atom. The summed E-state index contributed by atoms with van der Waals surface area (Å²) in [6, 6.07) is -1.19. The first-order valence-corrected chi connectivity index (χ1v) is 30.2. The topological polar surface area (TPSA) is 189 Å². The summed E-state index contributed by atoms with van der Waals surface area (Å²) in [5.74, 6) is -0.705. The third-order valence-corrected chi connectivity index (χ3v) is 14.7. The van der Waals surface area contributed by atoms with E-state index in [1.54, 1.807) is 0 Å². The molecule has 1 fully saturated rings. The molecule has 0 radical (unpaired) electrons. The summed E-state index contributed by atoms with van der Waals surface area (Å²) >= 11 is 0. The van der Waals surface area contributed by atoms with Crippen molar-refractivity contribution in [1.29, 1.82) is 0 Å². The third kappa shape index (κ3) is 37.9. The molecular formula is C60H115NO10. The van der Waals surface area contributed by atoms with Crippen molar-refractivity contribution >= 4 is 5.91 Å². The van der Waals surface area contributed by atoms with Crippen molar-refractivity contribution in [2.45, 2.75) is 339 Å². The van der Waals surface area contributed by atoms with Crippen LogP contribution in [0.4, 0.5) is 0 Å². The van der Waals surface area contributed by atoms with Crippen LogP contribution < -0.4 is 5.32 Å². The van der Waals surface area contributed by atoms with Gasteiger partial charge in [-0.2, -0.15) is 0 Å². The van der Waals surface area contributed by atoms with Crippen molar-refractivity contribution in [2.75, 3.05) is 13.2 Å². The van der Waals surface area contributed by atoms with Crippen molar-refractivity contribution in [3.05, 3.63) is 24.3 Å². The van der Waals surface area contributed by atoms with Crippen LogP contribution in [0.15, 0.2) is 24.3 Å². The lowest BCUT2D eigenvalue weighted by molar-refractivity contribution is -0.303. The molecular weight excluding hydrogens is 895 g/mol. The predicted molar refractivity (Wildman–Crippen MR) is 293 cm³/mol. The molecule has 71 heavy (non-hydrogen) atoms. The number of hydrogen-bond donors (Lipinski definition) is 8. The zero-order valence-corrected chi connectivity index (χ0v) is 46.0. The molecule has 0 spiro atoms. The second-order valence-corrected chi connectivity index (χ2v) is 21.4. The summed E-state index contributed by atoms with van der Waals surface area (Å²) in [5.41, 5.74) is 0. The van der Waals surface area contributed by atoms with E-state index in [0.29, 0.717) is 19.3 Å². The van der Waals surface area contributed by atoms with Gasteiger partial charge in [-0.3, -0.25) is 4.79 Å². The fraction of sp³-hybridized carbons (Fsp3) is 0.917. The molecule has 8 N–H and O–H groups in total. The van der Waals surface area contributed by atoms with Crippen LogP contribution in [0, 0.1) is 0 Å². The van der Waals surface area contributed by atoms with Crippen molar-refractivity contribution in [3.8, 4) is 0 Å². The number of allylic oxidation sites excluding steroid dienone is 4. The van der Waals surface area contributed by atoms with Crippen molar-refractivity contribution < 1.29 is 50.0 Å². The van der Waals surface area contributed by atoms with Gasteiger partial charge in [-0.05, 0) is 51.4 Å². The number of nitrogens with one attached hydrogen (secondary N) is 1. The van der Waals surface area contributed by atoms with Gasteiger partial charge in [-0.15, -0.1) is 0 Å². The van der Waals surface area contributed by atoms with Gasteiger partial charge in [0.25, 0.3) is 0 Å². The molecule has 0 saturated carbocycles. The Morgan fingerprint density at radius 2 is 0.845 bits per heavy atom. The zero-order valence-electron chi connectivity index (χ0n) is 46.0. The summed E-state index contributed by atoms with van der Waals surface area (Å²) in [7, 11) is 0. The summed E-state index contributed by atoms with van der Waals surface area (Å²) in [5, 5.41) is 76.2. The molecule has 1 aliphatic rings. The molecule has 1 amide bonds. The monoisotopic (exact) mass is 1010 g/mol. The van der Waals surface area contributed by atoms with E-state index < -0.39 is 74.2 Å². The number of aliphatic hydroxyl groups is 7. The molecule has 11 heteroatoms. The molecule has 0 aliphatic carbocycles. The maximum atomic E-state index is 13.2. The average Bonchev–Trinajstić information content (AvgIpc) is 3.37. The first-order chi connectivity index (χ1) is 34.7. The van der Waals surface area contributed by atoms with Crippen LogP contribution in [0.5, 0.6) is 0 Å². The lowest BCUT2D eigenvalue weighted by Crippen LogP contribution is -2.60. The van der Waals surface area contributed by atoms with E-state index in [0.717, 1.165) is 38.5 Å². The van der Waals surface area contributed by atoms with E-state index in [1.165, 1.54) is 199 Å². The SMILES string of the molecule is CCCCCCCCCCCCCCC/C=C/CC/C=C/CCCC(O)C(O)C(COC1OC(CO)C(O)C(O)C1O)NC(=O)C(O)CCCCCCCCCCCCCCCCCCCCCCCC. The number of ether oxygens (including phenoxy) is 2. The Balaban J connectivity index is 2.32.